The van der Waals surface area contributed by atoms with Crippen LogP contribution in [0.3, 0.4) is 0 Å². The number of hydrogen-bond donors (Lipinski definition) is 1. The van der Waals surface area contributed by atoms with Crippen molar-refractivity contribution in [2.75, 3.05) is 32.8 Å². The highest BCUT2D eigenvalue weighted by Gasteiger charge is 2.19. The highest BCUT2D eigenvalue weighted by atomic mass is 19.1. The maximum Gasteiger partial charge on any atom is 0.326 e. The van der Waals surface area contributed by atoms with Crippen LogP contribution in [-0.4, -0.2) is 48.3 Å². The van der Waals surface area contributed by atoms with E-state index in [-0.39, 0.29) is 11.8 Å². The van der Waals surface area contributed by atoms with Crippen LogP contribution in [-0.2, 0) is 0 Å². The second kappa shape index (κ2) is 9.09. The topological polar surface area (TPSA) is 46.5 Å². The number of ether oxygens (including phenoxy) is 1. The third-order valence-corrected chi connectivity index (χ3v) is 5.51. The van der Waals surface area contributed by atoms with Crippen molar-refractivity contribution in [3.8, 4) is 5.75 Å². The van der Waals surface area contributed by atoms with Crippen LogP contribution in [0.15, 0.2) is 60.8 Å². The van der Waals surface area contributed by atoms with E-state index in [1.165, 1.54) is 16.7 Å². The first-order chi connectivity index (χ1) is 14.2. The molecule has 2 heterocycles. The molecule has 5 nitrogen and oxygen atoms in total. The smallest absolute Gasteiger partial charge is 0.326 e. The fourth-order valence-electron chi connectivity index (χ4n) is 3.79. The van der Waals surface area contributed by atoms with Gasteiger partial charge in [-0.3, -0.25) is 4.57 Å². The number of carbonyl (C=O) groups is 1. The molecule has 1 amide bonds. The maximum absolute atomic E-state index is 13.5. The largest absolute Gasteiger partial charge is 0.493 e. The van der Waals surface area contributed by atoms with Crippen LogP contribution in [0.1, 0.15) is 12.8 Å². The van der Waals surface area contributed by atoms with Gasteiger partial charge in [0.25, 0.3) is 0 Å². The van der Waals surface area contributed by atoms with Crippen molar-refractivity contribution in [2.45, 2.75) is 12.8 Å². The van der Waals surface area contributed by atoms with Crippen molar-refractivity contribution in [1.82, 2.24) is 14.8 Å². The molecule has 0 radical (unpaired) electrons. The number of benzene rings is 2. The van der Waals surface area contributed by atoms with Crippen molar-refractivity contribution in [3.63, 3.8) is 0 Å². The minimum atomic E-state index is -0.343. The van der Waals surface area contributed by atoms with Crippen molar-refractivity contribution in [3.05, 3.63) is 66.6 Å². The first-order valence-corrected chi connectivity index (χ1v) is 10.1. The molecule has 0 saturated carbocycles. The van der Waals surface area contributed by atoms with Crippen LogP contribution < -0.4 is 10.1 Å². The summed E-state index contributed by atoms with van der Waals surface area (Å²) in [5.41, 5.74) is 0.585. The van der Waals surface area contributed by atoms with Crippen molar-refractivity contribution in [2.24, 2.45) is 5.92 Å². The highest BCUT2D eigenvalue weighted by molar-refractivity contribution is 5.91. The lowest BCUT2D eigenvalue weighted by Crippen LogP contribution is -2.41. The molecule has 6 heteroatoms. The van der Waals surface area contributed by atoms with Crippen molar-refractivity contribution >= 4 is 16.9 Å². The van der Waals surface area contributed by atoms with Gasteiger partial charge in [0.05, 0.1) is 12.1 Å². The zero-order valence-electron chi connectivity index (χ0n) is 16.4. The molecule has 1 aromatic heterocycles. The molecule has 1 fully saturated rings. The van der Waals surface area contributed by atoms with E-state index >= 15 is 0 Å². The summed E-state index contributed by atoms with van der Waals surface area (Å²) in [6.07, 6.45) is 3.88. The van der Waals surface area contributed by atoms with Gasteiger partial charge >= 0.3 is 6.03 Å². The number of nitrogens with zero attached hydrogens (tertiary/aromatic N) is 2. The Labute approximate surface area is 170 Å². The van der Waals surface area contributed by atoms with Gasteiger partial charge in [-0.1, -0.05) is 18.2 Å². The minimum Gasteiger partial charge on any atom is -0.493 e. The van der Waals surface area contributed by atoms with Gasteiger partial charge in [0.15, 0.2) is 0 Å². The molecule has 1 aliphatic rings. The summed E-state index contributed by atoms with van der Waals surface area (Å²) in [6, 6.07) is 16.0. The predicted octanol–water partition coefficient (Wildman–Crippen LogP) is 4.13. The normalized spacial score (nSPS) is 15.5. The third kappa shape index (κ3) is 4.95. The number of amides is 1. The Balaban J connectivity index is 1.18. The molecule has 1 N–H and O–H groups in total. The van der Waals surface area contributed by atoms with Gasteiger partial charge in [-0.2, -0.15) is 0 Å². The summed E-state index contributed by atoms with van der Waals surface area (Å²) < 4.78 is 20.8. The van der Waals surface area contributed by atoms with E-state index in [4.69, 9.17) is 4.74 Å². The summed E-state index contributed by atoms with van der Waals surface area (Å²) in [5, 5.41) is 3.79. The van der Waals surface area contributed by atoms with E-state index in [2.05, 4.69) is 10.2 Å². The maximum atomic E-state index is 13.5. The number of carbonyl (C=O) groups excluding carboxylic acids is 1. The standard InChI is InChI=1S/C23H26FN3O2/c24-20-7-6-19-10-14-27(22(19)16-20)23(28)25-11-15-26-12-8-18(9-13-26)17-29-21-4-2-1-3-5-21/h1-7,10,14,16,18H,8-9,11-13,15,17H2,(H,25,28). The molecule has 1 aliphatic heterocycles. The van der Waals surface area contributed by atoms with Gasteiger partial charge in [0.2, 0.25) is 0 Å². The number of aromatic nitrogens is 1. The van der Waals surface area contributed by atoms with Crippen molar-refractivity contribution < 1.29 is 13.9 Å². The van der Waals surface area contributed by atoms with Crippen LogP contribution in [0, 0.1) is 11.7 Å². The van der Waals surface area contributed by atoms with E-state index in [9.17, 15) is 9.18 Å². The number of rotatable bonds is 6. The van der Waals surface area contributed by atoms with E-state index in [0.29, 0.717) is 18.0 Å². The van der Waals surface area contributed by atoms with Gasteiger partial charge in [-0.05, 0) is 68.2 Å². The summed E-state index contributed by atoms with van der Waals surface area (Å²) >= 11 is 0. The molecule has 0 atom stereocenters. The highest BCUT2D eigenvalue weighted by Crippen LogP contribution is 2.19. The molecule has 0 unspecified atom stereocenters. The molecule has 152 valence electrons. The summed E-state index contributed by atoms with van der Waals surface area (Å²) in [4.78, 5) is 14.8. The minimum absolute atomic E-state index is 0.225. The summed E-state index contributed by atoms with van der Waals surface area (Å²) in [5.74, 6) is 1.15. The molecule has 3 aromatic rings. The third-order valence-electron chi connectivity index (χ3n) is 5.51. The molecular weight excluding hydrogens is 369 g/mol. The Kier molecular flexibility index (Phi) is 6.10. The average Bonchev–Trinajstić information content (AvgIpc) is 3.17. The number of halogens is 1. The molecule has 1 saturated heterocycles. The van der Waals surface area contributed by atoms with Crippen LogP contribution >= 0.6 is 0 Å². The van der Waals surface area contributed by atoms with Gasteiger partial charge in [0.1, 0.15) is 11.6 Å². The molecular formula is C23H26FN3O2. The van der Waals surface area contributed by atoms with E-state index in [1.54, 1.807) is 12.3 Å². The van der Waals surface area contributed by atoms with E-state index < -0.39 is 0 Å². The number of hydrogen-bond acceptors (Lipinski definition) is 3. The van der Waals surface area contributed by atoms with Gasteiger partial charge in [-0.25, -0.2) is 9.18 Å². The number of nitrogens with one attached hydrogen (secondary N) is 1. The SMILES string of the molecule is O=C(NCCN1CCC(COc2ccccc2)CC1)n1ccc2ccc(F)cc21. The Morgan fingerprint density at radius 2 is 1.90 bits per heavy atom. The lowest BCUT2D eigenvalue weighted by molar-refractivity contribution is 0.142. The van der Waals surface area contributed by atoms with Gasteiger partial charge in [-0.15, -0.1) is 0 Å². The predicted molar refractivity (Wildman–Crippen MR) is 112 cm³/mol. The number of piperidine rings is 1. The van der Waals surface area contributed by atoms with Crippen LogP contribution in [0.5, 0.6) is 5.75 Å². The lowest BCUT2D eigenvalue weighted by atomic mass is 9.98. The monoisotopic (exact) mass is 395 g/mol. The van der Waals surface area contributed by atoms with Crippen LogP contribution in [0.4, 0.5) is 9.18 Å². The van der Waals surface area contributed by atoms with E-state index in [1.807, 2.05) is 36.4 Å². The Morgan fingerprint density at radius 1 is 1.10 bits per heavy atom. The van der Waals surface area contributed by atoms with E-state index in [0.717, 1.165) is 50.2 Å². The second-order valence-electron chi connectivity index (χ2n) is 7.53. The molecule has 0 aliphatic carbocycles. The second-order valence-corrected chi connectivity index (χ2v) is 7.53. The molecule has 2 aromatic carbocycles. The number of fused-ring (bicyclic) bond motifs is 1. The quantitative estimate of drug-likeness (QED) is 0.683. The number of likely N-dealkylation sites (tertiary alicyclic amines) is 1. The zero-order valence-corrected chi connectivity index (χ0v) is 16.4. The van der Waals surface area contributed by atoms with Crippen LogP contribution in [0.25, 0.3) is 10.9 Å². The summed E-state index contributed by atoms with van der Waals surface area (Å²) in [7, 11) is 0. The Morgan fingerprint density at radius 3 is 2.69 bits per heavy atom. The first-order valence-electron chi connectivity index (χ1n) is 10.1. The molecule has 0 bridgehead atoms. The van der Waals surface area contributed by atoms with Crippen molar-refractivity contribution in [1.29, 1.82) is 0 Å². The fraction of sp³-hybridized carbons (Fsp3) is 0.348. The Hall–Kier alpha value is -2.86. The molecule has 4 rings (SSSR count). The summed E-state index contributed by atoms with van der Waals surface area (Å²) in [6.45, 7) is 4.16. The average molecular weight is 395 g/mol. The Bertz CT molecular complexity index is 949. The van der Waals surface area contributed by atoms with Gasteiger partial charge in [0, 0.05) is 24.7 Å². The van der Waals surface area contributed by atoms with Crippen LogP contribution in [0.2, 0.25) is 0 Å². The molecule has 29 heavy (non-hydrogen) atoms. The fourth-order valence-corrected chi connectivity index (χ4v) is 3.79. The number of para-hydroxylation sites is 1. The lowest BCUT2D eigenvalue weighted by Gasteiger charge is -2.31. The zero-order chi connectivity index (χ0) is 20.1. The molecule has 0 spiro atoms. The van der Waals surface area contributed by atoms with Gasteiger partial charge < -0.3 is 15.0 Å². The first kappa shape index (κ1) is 19.5.